The highest BCUT2D eigenvalue weighted by atomic mass is 16.5. The number of benzene rings is 1. The molecule has 0 unspecified atom stereocenters. The van der Waals surface area contributed by atoms with Crippen molar-refractivity contribution in [3.63, 3.8) is 0 Å². The molecule has 0 amide bonds. The van der Waals surface area contributed by atoms with Crippen LogP contribution in [-0.2, 0) is 4.74 Å². The molecule has 2 aromatic rings. The van der Waals surface area contributed by atoms with Crippen LogP contribution in [-0.4, -0.2) is 23.8 Å². The van der Waals surface area contributed by atoms with E-state index in [0.717, 1.165) is 5.56 Å². The van der Waals surface area contributed by atoms with E-state index >= 15 is 0 Å². The normalized spacial score (nSPS) is 10.4. The number of carbonyl (C=O) groups is 2. The number of methoxy groups -OCH3 is 1. The molecule has 1 aromatic carbocycles. The van der Waals surface area contributed by atoms with Gasteiger partial charge < -0.3 is 4.74 Å². The number of rotatable bonds is 4. The molecule has 0 aliphatic heterocycles. The van der Waals surface area contributed by atoms with Crippen molar-refractivity contribution in [3.05, 3.63) is 71.6 Å². The number of hydrogen-bond donors (Lipinski definition) is 0. The third-order valence-electron chi connectivity index (χ3n) is 2.68. The summed E-state index contributed by atoms with van der Waals surface area (Å²) in [5.74, 6) is -0.548. The van der Waals surface area contributed by atoms with Crippen molar-refractivity contribution in [3.8, 4) is 0 Å². The van der Waals surface area contributed by atoms with Crippen molar-refractivity contribution in [1.29, 1.82) is 0 Å². The minimum Gasteiger partial charge on any atom is -0.465 e. The molecule has 0 aliphatic carbocycles. The molecule has 0 radical (unpaired) electrons. The first-order valence-electron chi connectivity index (χ1n) is 6.02. The maximum Gasteiger partial charge on any atom is 0.337 e. The Bertz CT molecular complexity index is 631. The van der Waals surface area contributed by atoms with Gasteiger partial charge in [0, 0.05) is 6.20 Å². The summed E-state index contributed by atoms with van der Waals surface area (Å²) >= 11 is 0. The third-order valence-corrected chi connectivity index (χ3v) is 2.68. The molecule has 0 N–H and O–H groups in total. The minimum absolute atomic E-state index is 0.164. The van der Waals surface area contributed by atoms with Gasteiger partial charge in [0.15, 0.2) is 0 Å². The van der Waals surface area contributed by atoms with Crippen LogP contribution in [0.2, 0.25) is 0 Å². The van der Waals surface area contributed by atoms with Gasteiger partial charge in [0.1, 0.15) is 5.69 Å². The largest absolute Gasteiger partial charge is 0.465 e. The Balaban J connectivity index is 2.08. The van der Waals surface area contributed by atoms with Gasteiger partial charge >= 0.3 is 5.97 Å². The van der Waals surface area contributed by atoms with Crippen molar-refractivity contribution < 1.29 is 14.3 Å². The number of esters is 1. The SMILES string of the molecule is COC(=O)c1ccc(/C=C/C(=O)c2ccccn2)cc1. The molecule has 20 heavy (non-hydrogen) atoms. The van der Waals surface area contributed by atoms with Crippen LogP contribution in [0.4, 0.5) is 0 Å². The lowest BCUT2D eigenvalue weighted by Crippen LogP contribution is -2.00. The number of aromatic nitrogens is 1. The van der Waals surface area contributed by atoms with E-state index in [-0.39, 0.29) is 11.8 Å². The Kier molecular flexibility index (Phi) is 4.39. The van der Waals surface area contributed by atoms with Crippen LogP contribution >= 0.6 is 0 Å². The van der Waals surface area contributed by atoms with Crippen LogP contribution < -0.4 is 0 Å². The zero-order valence-corrected chi connectivity index (χ0v) is 10.9. The topological polar surface area (TPSA) is 56.3 Å². The van der Waals surface area contributed by atoms with Gasteiger partial charge in [-0.2, -0.15) is 0 Å². The fourth-order valence-electron chi connectivity index (χ4n) is 1.61. The first-order chi connectivity index (χ1) is 9.70. The third kappa shape index (κ3) is 3.38. The van der Waals surface area contributed by atoms with Gasteiger partial charge in [-0.05, 0) is 35.9 Å². The average Bonchev–Trinajstić information content (AvgIpc) is 2.53. The molecule has 0 atom stereocenters. The van der Waals surface area contributed by atoms with Crippen molar-refractivity contribution in [2.75, 3.05) is 7.11 Å². The van der Waals surface area contributed by atoms with E-state index < -0.39 is 0 Å². The Morgan fingerprint density at radius 2 is 1.85 bits per heavy atom. The predicted octanol–water partition coefficient (Wildman–Crippen LogP) is 2.76. The van der Waals surface area contributed by atoms with E-state index in [2.05, 4.69) is 9.72 Å². The van der Waals surface area contributed by atoms with E-state index in [9.17, 15) is 9.59 Å². The van der Waals surface area contributed by atoms with Gasteiger partial charge in [0.25, 0.3) is 0 Å². The molecule has 0 spiro atoms. The molecular weight excluding hydrogens is 254 g/mol. The number of hydrogen-bond acceptors (Lipinski definition) is 4. The van der Waals surface area contributed by atoms with Gasteiger partial charge in [-0.25, -0.2) is 4.79 Å². The summed E-state index contributed by atoms with van der Waals surface area (Å²) in [6, 6.07) is 12.0. The number of allylic oxidation sites excluding steroid dienone is 1. The lowest BCUT2D eigenvalue weighted by atomic mass is 10.1. The fourth-order valence-corrected chi connectivity index (χ4v) is 1.61. The molecule has 2 rings (SSSR count). The van der Waals surface area contributed by atoms with Crippen molar-refractivity contribution >= 4 is 17.8 Å². The molecule has 100 valence electrons. The molecule has 0 fully saturated rings. The summed E-state index contributed by atoms with van der Waals surface area (Å²) in [6.45, 7) is 0. The molecular formula is C16H13NO3. The molecule has 0 saturated heterocycles. The number of ketones is 1. The molecule has 0 aliphatic rings. The second kappa shape index (κ2) is 6.43. The van der Waals surface area contributed by atoms with Gasteiger partial charge in [0.2, 0.25) is 5.78 Å². The summed E-state index contributed by atoms with van der Waals surface area (Å²) in [7, 11) is 1.33. The number of carbonyl (C=O) groups excluding carboxylic acids is 2. The Hall–Kier alpha value is -2.75. The quantitative estimate of drug-likeness (QED) is 0.485. The lowest BCUT2D eigenvalue weighted by molar-refractivity contribution is 0.0600. The van der Waals surface area contributed by atoms with Crippen LogP contribution in [0.15, 0.2) is 54.7 Å². The van der Waals surface area contributed by atoms with Crippen LogP contribution in [0.1, 0.15) is 26.4 Å². The zero-order chi connectivity index (χ0) is 14.4. The van der Waals surface area contributed by atoms with Crippen LogP contribution in [0, 0.1) is 0 Å². The van der Waals surface area contributed by atoms with E-state index in [1.165, 1.54) is 13.2 Å². The average molecular weight is 267 g/mol. The smallest absolute Gasteiger partial charge is 0.337 e. The molecule has 1 aromatic heterocycles. The number of pyridine rings is 1. The van der Waals surface area contributed by atoms with Crippen molar-refractivity contribution in [2.24, 2.45) is 0 Å². The lowest BCUT2D eigenvalue weighted by Gasteiger charge is -1.99. The first-order valence-corrected chi connectivity index (χ1v) is 6.02. The van der Waals surface area contributed by atoms with E-state index in [0.29, 0.717) is 11.3 Å². The second-order valence-electron chi connectivity index (χ2n) is 4.03. The monoisotopic (exact) mass is 267 g/mol. The van der Waals surface area contributed by atoms with Crippen molar-refractivity contribution in [2.45, 2.75) is 0 Å². The summed E-state index contributed by atoms with van der Waals surface area (Å²) in [5, 5.41) is 0. The summed E-state index contributed by atoms with van der Waals surface area (Å²) in [5.41, 5.74) is 1.69. The predicted molar refractivity (Wildman–Crippen MR) is 75.4 cm³/mol. The Morgan fingerprint density at radius 3 is 2.45 bits per heavy atom. The first kappa shape index (κ1) is 13.7. The summed E-state index contributed by atoms with van der Waals surface area (Å²) in [6.07, 6.45) is 4.71. The molecule has 0 bridgehead atoms. The Morgan fingerprint density at radius 1 is 1.10 bits per heavy atom. The highest BCUT2D eigenvalue weighted by molar-refractivity contribution is 6.05. The van der Waals surface area contributed by atoms with Gasteiger partial charge in [-0.1, -0.05) is 24.3 Å². The highest BCUT2D eigenvalue weighted by Gasteiger charge is 2.04. The Labute approximate surface area is 116 Å². The van der Waals surface area contributed by atoms with Crippen LogP contribution in [0.25, 0.3) is 6.08 Å². The molecule has 1 heterocycles. The van der Waals surface area contributed by atoms with Gasteiger partial charge in [-0.3, -0.25) is 9.78 Å². The van der Waals surface area contributed by atoms with Crippen LogP contribution in [0.5, 0.6) is 0 Å². The molecule has 4 nitrogen and oxygen atoms in total. The maximum atomic E-state index is 11.8. The summed E-state index contributed by atoms with van der Waals surface area (Å²) in [4.78, 5) is 27.1. The van der Waals surface area contributed by atoms with E-state index in [1.807, 2.05) is 0 Å². The van der Waals surface area contributed by atoms with E-state index in [4.69, 9.17) is 0 Å². The number of nitrogens with zero attached hydrogens (tertiary/aromatic N) is 1. The van der Waals surface area contributed by atoms with Crippen LogP contribution in [0.3, 0.4) is 0 Å². The second-order valence-corrected chi connectivity index (χ2v) is 4.03. The molecule has 4 heteroatoms. The highest BCUT2D eigenvalue weighted by Crippen LogP contribution is 2.08. The number of ether oxygens (including phenoxy) is 1. The summed E-state index contributed by atoms with van der Waals surface area (Å²) < 4.78 is 4.61. The standard InChI is InChI=1S/C16H13NO3/c1-20-16(19)13-8-5-12(6-9-13)7-10-15(18)14-4-2-3-11-17-14/h2-11H,1H3/b10-7+. The van der Waals surface area contributed by atoms with Gasteiger partial charge in [0.05, 0.1) is 12.7 Å². The minimum atomic E-state index is -0.384. The maximum absolute atomic E-state index is 11.8. The zero-order valence-electron chi connectivity index (χ0n) is 10.9. The van der Waals surface area contributed by atoms with E-state index in [1.54, 1.807) is 54.7 Å². The van der Waals surface area contributed by atoms with Gasteiger partial charge in [-0.15, -0.1) is 0 Å². The van der Waals surface area contributed by atoms with Crippen molar-refractivity contribution in [1.82, 2.24) is 4.98 Å². The fraction of sp³-hybridized carbons (Fsp3) is 0.0625. The molecule has 0 saturated carbocycles.